The first kappa shape index (κ1) is 17.2. The highest BCUT2D eigenvalue weighted by Gasteiger charge is 2.26. The zero-order chi connectivity index (χ0) is 17.8. The Balaban J connectivity index is 1.82. The molecule has 1 aliphatic rings. The van der Waals surface area contributed by atoms with Gasteiger partial charge in [-0.25, -0.2) is 0 Å². The van der Waals surface area contributed by atoms with Crippen molar-refractivity contribution < 1.29 is 14.3 Å². The minimum absolute atomic E-state index is 0.0512. The van der Waals surface area contributed by atoms with Crippen LogP contribution in [0.1, 0.15) is 18.7 Å². The molecule has 1 atom stereocenters. The van der Waals surface area contributed by atoms with Crippen LogP contribution in [0.25, 0.3) is 5.69 Å². The number of benzene rings is 1. The van der Waals surface area contributed by atoms with E-state index in [9.17, 15) is 4.79 Å². The number of nitrogens with one attached hydrogen (secondary N) is 1. The van der Waals surface area contributed by atoms with Gasteiger partial charge in [0.25, 0.3) is 0 Å². The van der Waals surface area contributed by atoms with Gasteiger partial charge in [-0.3, -0.25) is 4.79 Å². The van der Waals surface area contributed by atoms with Crippen LogP contribution in [0.4, 0.5) is 0 Å². The third-order valence-corrected chi connectivity index (χ3v) is 4.23. The number of methoxy groups -OCH3 is 2. The molecule has 1 aromatic heterocycles. The number of likely N-dealkylation sites (N-methyl/N-ethyl adjacent to an activating group) is 1. The number of carbonyl (C=O) groups is 1. The largest absolute Gasteiger partial charge is 0.497 e. The lowest BCUT2D eigenvalue weighted by Gasteiger charge is -2.20. The van der Waals surface area contributed by atoms with Crippen LogP contribution in [0.15, 0.2) is 18.2 Å². The minimum atomic E-state index is -0.119. The molecule has 134 valence electrons. The zero-order valence-corrected chi connectivity index (χ0v) is 14.6. The van der Waals surface area contributed by atoms with E-state index >= 15 is 0 Å². The van der Waals surface area contributed by atoms with Crippen LogP contribution in [-0.2, 0) is 11.3 Å². The maximum atomic E-state index is 12.5. The molecule has 1 aromatic carbocycles. The average Bonchev–Trinajstić information content (AvgIpc) is 3.32. The van der Waals surface area contributed by atoms with E-state index < -0.39 is 0 Å². The maximum Gasteiger partial charge on any atom is 0.239 e. The van der Waals surface area contributed by atoms with Gasteiger partial charge in [0.1, 0.15) is 11.5 Å². The van der Waals surface area contributed by atoms with E-state index in [-0.39, 0.29) is 11.9 Å². The molecule has 1 amide bonds. The Morgan fingerprint density at radius 3 is 2.64 bits per heavy atom. The smallest absolute Gasteiger partial charge is 0.239 e. The lowest BCUT2D eigenvalue weighted by molar-refractivity contribution is -0.132. The summed E-state index contributed by atoms with van der Waals surface area (Å²) in [6.07, 6.45) is 1.88. The summed E-state index contributed by atoms with van der Waals surface area (Å²) in [6, 6.07) is 5.27. The molecule has 9 nitrogen and oxygen atoms in total. The van der Waals surface area contributed by atoms with Gasteiger partial charge >= 0.3 is 0 Å². The summed E-state index contributed by atoms with van der Waals surface area (Å²) in [4.78, 5) is 14.1. The molecule has 1 saturated heterocycles. The Bertz CT molecular complexity index is 719. The molecule has 0 unspecified atom stereocenters. The fraction of sp³-hybridized carbons (Fsp3) is 0.500. The van der Waals surface area contributed by atoms with E-state index in [0.29, 0.717) is 29.6 Å². The van der Waals surface area contributed by atoms with Gasteiger partial charge in [0.05, 0.1) is 32.5 Å². The Kier molecular flexibility index (Phi) is 5.13. The first-order chi connectivity index (χ1) is 12.1. The number of carbonyl (C=O) groups excluding carboxylic acids is 1. The third-order valence-electron chi connectivity index (χ3n) is 4.23. The quantitative estimate of drug-likeness (QED) is 0.808. The van der Waals surface area contributed by atoms with E-state index in [4.69, 9.17) is 9.47 Å². The van der Waals surface area contributed by atoms with Gasteiger partial charge in [-0.1, -0.05) is 0 Å². The standard InChI is InChI=1S/C16H22N6O3/c1-21(16(23)14-5-4-6-17-14)10-15-18-19-20-22(15)11-7-12(24-2)9-13(8-11)25-3/h7-9,14,17H,4-6,10H2,1-3H3/t14-/m0/s1. The first-order valence-corrected chi connectivity index (χ1v) is 8.11. The van der Waals surface area contributed by atoms with Gasteiger partial charge < -0.3 is 19.7 Å². The van der Waals surface area contributed by atoms with Gasteiger partial charge in [0.15, 0.2) is 5.82 Å². The van der Waals surface area contributed by atoms with Gasteiger partial charge in [0.2, 0.25) is 5.91 Å². The SMILES string of the molecule is COc1cc(OC)cc(-n2nnnc2CN(C)C(=O)[C@@H]2CCCN2)c1. The van der Waals surface area contributed by atoms with Crippen molar-refractivity contribution in [1.82, 2.24) is 30.4 Å². The van der Waals surface area contributed by atoms with Crippen molar-refractivity contribution in [3.05, 3.63) is 24.0 Å². The van der Waals surface area contributed by atoms with E-state index in [1.54, 1.807) is 36.9 Å². The van der Waals surface area contributed by atoms with E-state index in [0.717, 1.165) is 19.4 Å². The number of nitrogens with zero attached hydrogens (tertiary/aromatic N) is 5. The second-order valence-electron chi connectivity index (χ2n) is 5.92. The molecule has 2 heterocycles. The first-order valence-electron chi connectivity index (χ1n) is 8.11. The minimum Gasteiger partial charge on any atom is -0.497 e. The summed E-state index contributed by atoms with van der Waals surface area (Å²) in [7, 11) is 4.92. The molecule has 9 heteroatoms. The van der Waals surface area contributed by atoms with Gasteiger partial charge in [0, 0.05) is 25.2 Å². The molecule has 0 spiro atoms. The Morgan fingerprint density at radius 2 is 2.04 bits per heavy atom. The molecule has 1 N–H and O–H groups in total. The van der Waals surface area contributed by atoms with Crippen molar-refractivity contribution >= 4 is 5.91 Å². The molecule has 25 heavy (non-hydrogen) atoms. The number of amides is 1. The van der Waals surface area contributed by atoms with Crippen LogP contribution in [0.3, 0.4) is 0 Å². The Labute approximate surface area is 145 Å². The summed E-state index contributed by atoms with van der Waals surface area (Å²) in [5.41, 5.74) is 0.705. The van der Waals surface area contributed by atoms with Crippen molar-refractivity contribution in [2.75, 3.05) is 27.8 Å². The molecule has 0 saturated carbocycles. The van der Waals surface area contributed by atoms with E-state index in [1.807, 2.05) is 12.1 Å². The lowest BCUT2D eigenvalue weighted by Crippen LogP contribution is -2.41. The maximum absolute atomic E-state index is 12.5. The molecular formula is C16H22N6O3. The number of ether oxygens (including phenoxy) is 2. The normalized spacial score (nSPS) is 16.7. The Morgan fingerprint density at radius 1 is 1.32 bits per heavy atom. The fourth-order valence-corrected chi connectivity index (χ4v) is 2.87. The van der Waals surface area contributed by atoms with Crippen molar-refractivity contribution in [2.45, 2.75) is 25.4 Å². The van der Waals surface area contributed by atoms with Crippen LogP contribution in [-0.4, -0.2) is 64.9 Å². The Hall–Kier alpha value is -2.68. The predicted octanol–water partition coefficient (Wildman–Crippen LogP) is 0.390. The topological polar surface area (TPSA) is 94.4 Å². The molecule has 1 fully saturated rings. The highest BCUT2D eigenvalue weighted by molar-refractivity contribution is 5.81. The van der Waals surface area contributed by atoms with Gasteiger partial charge in [-0.2, -0.15) is 4.68 Å². The number of tetrazole rings is 1. The van der Waals surface area contributed by atoms with Crippen molar-refractivity contribution in [1.29, 1.82) is 0 Å². The highest BCUT2D eigenvalue weighted by atomic mass is 16.5. The lowest BCUT2D eigenvalue weighted by atomic mass is 10.2. The number of hydrogen-bond donors (Lipinski definition) is 1. The van der Waals surface area contributed by atoms with Crippen LogP contribution >= 0.6 is 0 Å². The number of hydrogen-bond acceptors (Lipinski definition) is 7. The third kappa shape index (κ3) is 3.71. The fourth-order valence-electron chi connectivity index (χ4n) is 2.87. The summed E-state index contributed by atoms with van der Waals surface area (Å²) < 4.78 is 12.2. The van der Waals surface area contributed by atoms with Crippen LogP contribution < -0.4 is 14.8 Å². The van der Waals surface area contributed by atoms with Crippen LogP contribution in [0.5, 0.6) is 11.5 Å². The molecule has 0 aliphatic carbocycles. The van der Waals surface area contributed by atoms with E-state index in [2.05, 4.69) is 20.8 Å². The molecule has 0 bridgehead atoms. The van der Waals surface area contributed by atoms with Gasteiger partial charge in [-0.15, -0.1) is 5.10 Å². The molecule has 0 radical (unpaired) electrons. The van der Waals surface area contributed by atoms with Crippen molar-refractivity contribution in [3.63, 3.8) is 0 Å². The van der Waals surface area contributed by atoms with Crippen LogP contribution in [0.2, 0.25) is 0 Å². The molecule has 1 aliphatic heterocycles. The molecular weight excluding hydrogens is 324 g/mol. The highest BCUT2D eigenvalue weighted by Crippen LogP contribution is 2.25. The average molecular weight is 346 g/mol. The van der Waals surface area contributed by atoms with Gasteiger partial charge in [-0.05, 0) is 29.8 Å². The predicted molar refractivity (Wildman–Crippen MR) is 89.8 cm³/mol. The summed E-state index contributed by atoms with van der Waals surface area (Å²) in [5, 5.41) is 15.1. The number of rotatable bonds is 6. The second kappa shape index (κ2) is 7.47. The summed E-state index contributed by atoms with van der Waals surface area (Å²) in [6.45, 7) is 1.19. The molecule has 2 aromatic rings. The van der Waals surface area contributed by atoms with Crippen molar-refractivity contribution in [2.24, 2.45) is 0 Å². The summed E-state index contributed by atoms with van der Waals surface area (Å²) >= 11 is 0. The molecule has 3 rings (SSSR count). The van der Waals surface area contributed by atoms with Crippen LogP contribution in [0, 0.1) is 0 Å². The monoisotopic (exact) mass is 346 g/mol. The van der Waals surface area contributed by atoms with E-state index in [1.165, 1.54) is 0 Å². The zero-order valence-electron chi connectivity index (χ0n) is 14.6. The second-order valence-corrected chi connectivity index (χ2v) is 5.92. The summed E-state index contributed by atoms with van der Waals surface area (Å²) in [5.74, 6) is 1.88. The van der Waals surface area contributed by atoms with Crippen molar-refractivity contribution in [3.8, 4) is 17.2 Å². The number of aromatic nitrogens is 4.